The minimum Gasteiger partial charge on any atom is -0.489 e. The van der Waals surface area contributed by atoms with Crippen LogP contribution >= 0.6 is 0 Å². The van der Waals surface area contributed by atoms with Gasteiger partial charge in [-0.1, -0.05) is 0 Å². The van der Waals surface area contributed by atoms with Crippen LogP contribution in [0.2, 0.25) is 0 Å². The summed E-state index contributed by atoms with van der Waals surface area (Å²) in [5.41, 5.74) is -0.144. The van der Waals surface area contributed by atoms with Crippen molar-refractivity contribution in [1.29, 1.82) is 0 Å². The standard InChI is InChI=1S/C10H13N3O4S/c1-12-9(14)8-7(17-6-2-3-6)4-5-13-10(8)18(11,15)16/h4-6H,2-3H2,1H3,(H,12,14)(H2,11,15,16). The number of nitrogens with two attached hydrogens (primary N) is 1. The third-order valence-corrected chi connectivity index (χ3v) is 3.27. The van der Waals surface area contributed by atoms with Crippen LogP contribution in [0.5, 0.6) is 5.75 Å². The number of aromatic nitrogens is 1. The average Bonchev–Trinajstić information content (AvgIpc) is 3.10. The molecule has 2 rings (SSSR count). The third-order valence-electron chi connectivity index (χ3n) is 2.42. The van der Waals surface area contributed by atoms with Gasteiger partial charge in [0.25, 0.3) is 15.9 Å². The first kappa shape index (κ1) is 12.8. The van der Waals surface area contributed by atoms with E-state index in [0.717, 1.165) is 12.8 Å². The Morgan fingerprint density at radius 3 is 2.72 bits per heavy atom. The third kappa shape index (κ3) is 2.59. The van der Waals surface area contributed by atoms with Crippen LogP contribution in [0.25, 0.3) is 0 Å². The molecule has 0 radical (unpaired) electrons. The summed E-state index contributed by atoms with van der Waals surface area (Å²) in [6.07, 6.45) is 3.06. The molecule has 0 atom stereocenters. The Kier molecular flexibility index (Phi) is 3.22. The molecule has 0 spiro atoms. The normalized spacial score (nSPS) is 15.2. The Hall–Kier alpha value is -1.67. The molecule has 1 heterocycles. The number of primary sulfonamides is 1. The fraction of sp³-hybridized carbons (Fsp3) is 0.400. The Bertz CT molecular complexity index is 581. The van der Waals surface area contributed by atoms with Crippen molar-refractivity contribution in [3.63, 3.8) is 0 Å². The summed E-state index contributed by atoms with van der Waals surface area (Å²) >= 11 is 0. The molecule has 1 fully saturated rings. The van der Waals surface area contributed by atoms with Crippen LogP contribution in [-0.2, 0) is 10.0 Å². The van der Waals surface area contributed by atoms with Gasteiger partial charge in [0.1, 0.15) is 11.3 Å². The first-order valence-electron chi connectivity index (χ1n) is 5.34. The lowest BCUT2D eigenvalue weighted by Crippen LogP contribution is -2.25. The molecule has 0 saturated heterocycles. The molecule has 7 nitrogen and oxygen atoms in total. The molecule has 1 saturated carbocycles. The van der Waals surface area contributed by atoms with Gasteiger partial charge < -0.3 is 10.1 Å². The molecular weight excluding hydrogens is 258 g/mol. The average molecular weight is 271 g/mol. The lowest BCUT2D eigenvalue weighted by Gasteiger charge is -2.12. The SMILES string of the molecule is CNC(=O)c1c(OC2CC2)ccnc1S(N)(=O)=O. The molecule has 1 aromatic rings. The Balaban J connectivity index is 2.55. The van der Waals surface area contributed by atoms with Crippen LogP contribution < -0.4 is 15.2 Å². The fourth-order valence-electron chi connectivity index (χ4n) is 1.44. The number of amides is 1. The molecule has 3 N–H and O–H groups in total. The monoisotopic (exact) mass is 271 g/mol. The lowest BCUT2D eigenvalue weighted by atomic mass is 10.2. The zero-order valence-corrected chi connectivity index (χ0v) is 10.5. The van der Waals surface area contributed by atoms with Gasteiger partial charge >= 0.3 is 0 Å². The smallest absolute Gasteiger partial charge is 0.257 e. The summed E-state index contributed by atoms with van der Waals surface area (Å²) in [5.74, 6) is -0.404. The van der Waals surface area contributed by atoms with E-state index in [1.54, 1.807) is 0 Å². The van der Waals surface area contributed by atoms with Crippen molar-refractivity contribution in [2.45, 2.75) is 24.0 Å². The van der Waals surface area contributed by atoms with Crippen molar-refractivity contribution in [1.82, 2.24) is 10.3 Å². The van der Waals surface area contributed by atoms with Crippen LogP contribution in [-0.4, -0.2) is 32.5 Å². The quantitative estimate of drug-likeness (QED) is 0.776. The number of ether oxygens (including phenoxy) is 1. The summed E-state index contributed by atoms with van der Waals surface area (Å²) in [6.45, 7) is 0. The molecule has 1 aromatic heterocycles. The number of pyridine rings is 1. The molecule has 1 aliphatic carbocycles. The number of carbonyl (C=O) groups is 1. The van der Waals surface area contributed by atoms with Crippen LogP contribution in [0.15, 0.2) is 17.3 Å². The van der Waals surface area contributed by atoms with E-state index in [1.807, 2.05) is 0 Å². The molecule has 1 amide bonds. The second-order valence-corrected chi connectivity index (χ2v) is 5.41. The maximum atomic E-state index is 11.8. The maximum absolute atomic E-state index is 11.8. The molecule has 98 valence electrons. The van der Waals surface area contributed by atoms with Gasteiger partial charge in [0.05, 0.1) is 6.10 Å². The van der Waals surface area contributed by atoms with Gasteiger partial charge in [-0.25, -0.2) is 18.5 Å². The van der Waals surface area contributed by atoms with E-state index in [-0.39, 0.29) is 17.4 Å². The Labute approximate surface area is 104 Å². The predicted molar refractivity (Wildman–Crippen MR) is 62.7 cm³/mol. The van der Waals surface area contributed by atoms with Crippen molar-refractivity contribution in [2.75, 3.05) is 7.05 Å². The number of rotatable bonds is 4. The summed E-state index contributed by atoms with van der Waals surface area (Å²) < 4.78 is 28.3. The first-order valence-corrected chi connectivity index (χ1v) is 6.88. The van der Waals surface area contributed by atoms with Gasteiger partial charge in [-0.05, 0) is 18.9 Å². The number of hydrogen-bond donors (Lipinski definition) is 2. The van der Waals surface area contributed by atoms with Gasteiger partial charge in [-0.15, -0.1) is 0 Å². The number of sulfonamides is 1. The molecule has 0 bridgehead atoms. The highest BCUT2D eigenvalue weighted by atomic mass is 32.2. The van der Waals surface area contributed by atoms with Crippen molar-refractivity contribution >= 4 is 15.9 Å². The molecule has 1 aliphatic rings. The summed E-state index contributed by atoms with van der Waals surface area (Å²) in [6, 6.07) is 1.46. The van der Waals surface area contributed by atoms with E-state index in [9.17, 15) is 13.2 Å². The lowest BCUT2D eigenvalue weighted by molar-refractivity contribution is 0.0954. The maximum Gasteiger partial charge on any atom is 0.257 e. The van der Waals surface area contributed by atoms with Crippen LogP contribution in [0.4, 0.5) is 0 Å². The van der Waals surface area contributed by atoms with E-state index in [0.29, 0.717) is 0 Å². The highest BCUT2D eigenvalue weighted by Crippen LogP contribution is 2.30. The van der Waals surface area contributed by atoms with Gasteiger partial charge in [0, 0.05) is 13.2 Å². The zero-order chi connectivity index (χ0) is 13.3. The summed E-state index contributed by atoms with van der Waals surface area (Å²) in [4.78, 5) is 15.4. The number of carbonyl (C=O) groups excluding carboxylic acids is 1. The molecule has 8 heteroatoms. The second-order valence-electron chi connectivity index (χ2n) is 3.93. The Morgan fingerprint density at radius 2 is 2.22 bits per heavy atom. The van der Waals surface area contributed by atoms with E-state index in [4.69, 9.17) is 9.88 Å². The molecular formula is C10H13N3O4S. The summed E-state index contributed by atoms with van der Waals surface area (Å²) in [7, 11) is -2.69. The predicted octanol–water partition coefficient (Wildman–Crippen LogP) is -0.370. The number of nitrogens with zero attached hydrogens (tertiary/aromatic N) is 1. The van der Waals surface area contributed by atoms with E-state index < -0.39 is 21.0 Å². The minimum absolute atomic E-state index is 0.0316. The van der Waals surface area contributed by atoms with E-state index in [1.165, 1.54) is 19.3 Å². The van der Waals surface area contributed by atoms with Crippen molar-refractivity contribution in [3.8, 4) is 5.75 Å². The Morgan fingerprint density at radius 1 is 1.56 bits per heavy atom. The highest BCUT2D eigenvalue weighted by molar-refractivity contribution is 7.89. The number of nitrogens with one attached hydrogen (secondary N) is 1. The fourth-order valence-corrected chi connectivity index (χ4v) is 2.12. The van der Waals surface area contributed by atoms with Crippen LogP contribution in [0.3, 0.4) is 0 Å². The molecule has 0 unspecified atom stereocenters. The van der Waals surface area contributed by atoms with Gasteiger partial charge in [-0.2, -0.15) is 0 Å². The zero-order valence-electron chi connectivity index (χ0n) is 9.71. The van der Waals surface area contributed by atoms with Gasteiger partial charge in [-0.3, -0.25) is 4.79 Å². The van der Waals surface area contributed by atoms with Crippen LogP contribution in [0.1, 0.15) is 23.2 Å². The van der Waals surface area contributed by atoms with Gasteiger partial charge in [0.15, 0.2) is 5.03 Å². The van der Waals surface area contributed by atoms with E-state index >= 15 is 0 Å². The van der Waals surface area contributed by atoms with Crippen molar-refractivity contribution in [3.05, 3.63) is 17.8 Å². The molecule has 0 aliphatic heterocycles. The molecule has 18 heavy (non-hydrogen) atoms. The topological polar surface area (TPSA) is 111 Å². The minimum atomic E-state index is -4.08. The largest absolute Gasteiger partial charge is 0.489 e. The molecule has 0 aromatic carbocycles. The van der Waals surface area contributed by atoms with E-state index in [2.05, 4.69) is 10.3 Å². The second kappa shape index (κ2) is 4.54. The van der Waals surface area contributed by atoms with Crippen molar-refractivity contribution < 1.29 is 17.9 Å². The highest BCUT2D eigenvalue weighted by Gasteiger charge is 2.29. The first-order chi connectivity index (χ1) is 8.43. The van der Waals surface area contributed by atoms with Gasteiger partial charge in [0.2, 0.25) is 0 Å². The summed E-state index contributed by atoms with van der Waals surface area (Å²) in [5, 5.41) is 6.92. The van der Waals surface area contributed by atoms with Crippen LogP contribution in [0, 0.1) is 0 Å². The van der Waals surface area contributed by atoms with Crippen molar-refractivity contribution in [2.24, 2.45) is 5.14 Å². The number of hydrogen-bond acceptors (Lipinski definition) is 5.